The fourth-order valence-corrected chi connectivity index (χ4v) is 2.43. The van der Waals surface area contributed by atoms with Crippen molar-refractivity contribution in [2.45, 2.75) is 51.9 Å². The summed E-state index contributed by atoms with van der Waals surface area (Å²) in [7, 11) is 0. The number of aromatic nitrogens is 1. The summed E-state index contributed by atoms with van der Waals surface area (Å²) in [5.74, 6) is -0.294. The zero-order valence-electron chi connectivity index (χ0n) is 13.0. The lowest BCUT2D eigenvalue weighted by Gasteiger charge is -1.98. The number of unbranched alkanes of at least 4 members (excludes halogenated alkanes) is 5. The highest BCUT2D eigenvalue weighted by Gasteiger charge is 2.10. The van der Waals surface area contributed by atoms with Gasteiger partial charge in [-0.2, -0.15) is 0 Å². The number of carbonyl (C=O) groups is 1. The molecule has 1 amide bonds. The summed E-state index contributed by atoms with van der Waals surface area (Å²) >= 11 is 0. The number of H-pyrrole nitrogens is 1. The Balaban J connectivity index is 1.85. The van der Waals surface area contributed by atoms with E-state index in [4.69, 9.17) is 0 Å². The van der Waals surface area contributed by atoms with E-state index in [1.807, 2.05) is 24.3 Å². The Morgan fingerprint density at radius 3 is 2.68 bits per heavy atom. The first kappa shape index (κ1) is 16.2. The average molecular weight is 301 g/mol. The molecule has 1 aromatic carbocycles. The lowest BCUT2D eigenvalue weighted by molar-refractivity contribution is -0.118. The molecule has 0 atom stereocenters. The smallest absolute Gasteiger partial charge is 0.264 e. The van der Waals surface area contributed by atoms with Gasteiger partial charge in [0.25, 0.3) is 5.91 Å². The minimum atomic E-state index is -0.236. The summed E-state index contributed by atoms with van der Waals surface area (Å²) in [6, 6.07) is 7.39. The summed E-state index contributed by atoms with van der Waals surface area (Å²) in [5, 5.41) is 18.2. The Labute approximate surface area is 130 Å². The van der Waals surface area contributed by atoms with Gasteiger partial charge in [0.2, 0.25) is 5.88 Å². The molecule has 0 bridgehead atoms. The quantitative estimate of drug-likeness (QED) is 0.517. The average Bonchev–Trinajstić information content (AvgIpc) is 2.84. The van der Waals surface area contributed by atoms with Gasteiger partial charge in [0.1, 0.15) is 0 Å². The van der Waals surface area contributed by atoms with Crippen LogP contribution < -0.4 is 0 Å². The van der Waals surface area contributed by atoms with Crippen LogP contribution in [0, 0.1) is 0 Å². The van der Waals surface area contributed by atoms with Crippen molar-refractivity contribution in [3.8, 4) is 5.88 Å². The van der Waals surface area contributed by atoms with Gasteiger partial charge in [-0.25, -0.2) is 0 Å². The van der Waals surface area contributed by atoms with Crippen LogP contribution in [0.15, 0.2) is 34.5 Å². The third kappa shape index (κ3) is 4.41. The number of para-hydroxylation sites is 1. The third-order valence-electron chi connectivity index (χ3n) is 3.67. The predicted octanol–water partition coefficient (Wildman–Crippen LogP) is 5.23. The van der Waals surface area contributed by atoms with Crippen LogP contribution in [0.5, 0.6) is 5.88 Å². The fraction of sp³-hybridized carbons (Fsp3) is 0.471. The van der Waals surface area contributed by atoms with E-state index in [2.05, 4.69) is 22.1 Å². The first-order valence-electron chi connectivity index (χ1n) is 7.96. The maximum atomic E-state index is 11.7. The largest absolute Gasteiger partial charge is 0.493 e. The number of azo groups is 1. The highest BCUT2D eigenvalue weighted by molar-refractivity contribution is 5.94. The Morgan fingerprint density at radius 2 is 1.86 bits per heavy atom. The van der Waals surface area contributed by atoms with E-state index in [0.29, 0.717) is 12.1 Å². The van der Waals surface area contributed by atoms with Gasteiger partial charge in [-0.1, -0.05) is 57.2 Å². The molecule has 0 saturated heterocycles. The van der Waals surface area contributed by atoms with Gasteiger partial charge in [0, 0.05) is 11.8 Å². The standard InChI is InChI=1S/C17H23N3O2/c1-2-3-4-5-6-7-12-15(21)19-20-16-13-10-8-9-11-14(13)18-17(16)22/h8-11,18,22H,2-7,12H2,1H3. The second kappa shape index (κ2) is 8.32. The number of aromatic hydroxyl groups is 1. The maximum Gasteiger partial charge on any atom is 0.264 e. The lowest BCUT2D eigenvalue weighted by atomic mass is 10.1. The molecular formula is C17H23N3O2. The lowest BCUT2D eigenvalue weighted by Crippen LogP contribution is -1.91. The van der Waals surface area contributed by atoms with Gasteiger partial charge >= 0.3 is 0 Å². The number of rotatable bonds is 8. The molecule has 5 nitrogen and oxygen atoms in total. The van der Waals surface area contributed by atoms with Gasteiger partial charge in [-0.05, 0) is 12.5 Å². The van der Waals surface area contributed by atoms with E-state index < -0.39 is 0 Å². The first-order valence-corrected chi connectivity index (χ1v) is 7.96. The number of fused-ring (bicyclic) bond motifs is 1. The van der Waals surface area contributed by atoms with Gasteiger partial charge in [0.05, 0.1) is 5.52 Å². The topological polar surface area (TPSA) is 77.8 Å². The molecular weight excluding hydrogens is 278 g/mol. The van der Waals surface area contributed by atoms with E-state index in [9.17, 15) is 9.90 Å². The number of carbonyl (C=O) groups excluding carboxylic acids is 1. The van der Waals surface area contributed by atoms with E-state index in [1.54, 1.807) is 0 Å². The molecule has 1 heterocycles. The molecule has 118 valence electrons. The molecule has 1 aromatic heterocycles. The number of nitrogens with one attached hydrogen (secondary N) is 1. The van der Waals surface area contributed by atoms with Crippen LogP contribution >= 0.6 is 0 Å². The summed E-state index contributed by atoms with van der Waals surface area (Å²) in [4.78, 5) is 14.5. The molecule has 2 rings (SSSR count). The van der Waals surface area contributed by atoms with Crippen molar-refractivity contribution in [3.63, 3.8) is 0 Å². The van der Waals surface area contributed by atoms with Crippen molar-refractivity contribution in [2.24, 2.45) is 10.2 Å². The van der Waals surface area contributed by atoms with E-state index >= 15 is 0 Å². The van der Waals surface area contributed by atoms with Crippen LogP contribution in [-0.2, 0) is 4.79 Å². The molecule has 22 heavy (non-hydrogen) atoms. The molecule has 0 aliphatic rings. The molecule has 5 heteroatoms. The zero-order chi connectivity index (χ0) is 15.8. The summed E-state index contributed by atoms with van der Waals surface area (Å²) < 4.78 is 0. The number of amides is 1. The Hall–Kier alpha value is -2.17. The molecule has 0 radical (unpaired) electrons. The summed E-state index contributed by atoms with van der Waals surface area (Å²) in [5.41, 5.74) is 1.10. The van der Waals surface area contributed by atoms with Crippen molar-refractivity contribution in [1.82, 2.24) is 4.98 Å². The monoisotopic (exact) mass is 301 g/mol. The van der Waals surface area contributed by atoms with Crippen molar-refractivity contribution >= 4 is 22.5 Å². The van der Waals surface area contributed by atoms with E-state index in [0.717, 1.165) is 23.7 Å². The Morgan fingerprint density at radius 1 is 1.14 bits per heavy atom. The first-order chi connectivity index (χ1) is 10.7. The molecule has 2 aromatic rings. The van der Waals surface area contributed by atoms with E-state index in [1.165, 1.54) is 25.7 Å². The Bertz CT molecular complexity index is 646. The van der Waals surface area contributed by atoms with Crippen molar-refractivity contribution in [3.05, 3.63) is 24.3 Å². The molecule has 0 aliphatic carbocycles. The molecule has 0 unspecified atom stereocenters. The zero-order valence-corrected chi connectivity index (χ0v) is 13.0. The van der Waals surface area contributed by atoms with Crippen molar-refractivity contribution in [1.29, 1.82) is 0 Å². The number of hydrogen-bond acceptors (Lipinski definition) is 3. The number of nitrogens with zero attached hydrogens (tertiary/aromatic N) is 2. The minimum Gasteiger partial charge on any atom is -0.493 e. The van der Waals surface area contributed by atoms with Crippen LogP contribution in [0.4, 0.5) is 5.69 Å². The highest BCUT2D eigenvalue weighted by atomic mass is 16.3. The van der Waals surface area contributed by atoms with Crippen LogP contribution in [0.3, 0.4) is 0 Å². The third-order valence-corrected chi connectivity index (χ3v) is 3.67. The molecule has 0 saturated carbocycles. The minimum absolute atomic E-state index is 0.0580. The number of hydrogen-bond donors (Lipinski definition) is 2. The second-order valence-electron chi connectivity index (χ2n) is 5.48. The summed E-state index contributed by atoms with van der Waals surface area (Å²) in [6.45, 7) is 2.18. The van der Waals surface area contributed by atoms with Crippen LogP contribution in [-0.4, -0.2) is 16.0 Å². The Kier molecular flexibility index (Phi) is 6.13. The number of aromatic amines is 1. The molecule has 0 fully saturated rings. The molecule has 2 N–H and O–H groups in total. The molecule has 0 spiro atoms. The van der Waals surface area contributed by atoms with Crippen molar-refractivity contribution in [2.75, 3.05) is 0 Å². The SMILES string of the molecule is CCCCCCCCC(=O)N=Nc1c(O)[nH]c2ccccc12. The van der Waals surface area contributed by atoms with Crippen LogP contribution in [0.1, 0.15) is 51.9 Å². The van der Waals surface area contributed by atoms with E-state index in [-0.39, 0.29) is 11.8 Å². The van der Waals surface area contributed by atoms with Gasteiger partial charge < -0.3 is 10.1 Å². The van der Waals surface area contributed by atoms with Gasteiger partial charge in [0.15, 0.2) is 5.69 Å². The normalized spacial score (nSPS) is 11.5. The predicted molar refractivity (Wildman–Crippen MR) is 87.5 cm³/mol. The summed E-state index contributed by atoms with van der Waals surface area (Å²) in [6.07, 6.45) is 7.20. The van der Waals surface area contributed by atoms with Gasteiger partial charge in [-0.3, -0.25) is 4.79 Å². The maximum absolute atomic E-state index is 11.7. The van der Waals surface area contributed by atoms with Crippen LogP contribution in [0.25, 0.3) is 10.9 Å². The second-order valence-corrected chi connectivity index (χ2v) is 5.48. The van der Waals surface area contributed by atoms with Crippen LogP contribution in [0.2, 0.25) is 0 Å². The molecule has 0 aliphatic heterocycles. The van der Waals surface area contributed by atoms with Gasteiger partial charge in [-0.15, -0.1) is 10.2 Å². The fourth-order valence-electron chi connectivity index (χ4n) is 2.43. The number of benzene rings is 1. The highest BCUT2D eigenvalue weighted by Crippen LogP contribution is 2.35. The van der Waals surface area contributed by atoms with Crippen molar-refractivity contribution < 1.29 is 9.90 Å².